The molecule has 0 amide bonds. The van der Waals surface area contributed by atoms with Crippen molar-refractivity contribution in [3.05, 3.63) is 35.4 Å². The van der Waals surface area contributed by atoms with Crippen molar-refractivity contribution in [2.24, 2.45) is 11.3 Å². The van der Waals surface area contributed by atoms with E-state index in [9.17, 15) is 0 Å². The molecular formula is C17H27N. The lowest BCUT2D eigenvalue weighted by Gasteiger charge is -2.31. The van der Waals surface area contributed by atoms with Gasteiger partial charge in [0.15, 0.2) is 0 Å². The Hall–Kier alpha value is -0.820. The van der Waals surface area contributed by atoms with Crippen molar-refractivity contribution in [1.29, 1.82) is 0 Å². The van der Waals surface area contributed by atoms with Crippen molar-refractivity contribution < 1.29 is 0 Å². The summed E-state index contributed by atoms with van der Waals surface area (Å²) in [5, 5.41) is 3.64. The quantitative estimate of drug-likeness (QED) is 0.800. The van der Waals surface area contributed by atoms with Crippen LogP contribution in [0.25, 0.3) is 0 Å². The van der Waals surface area contributed by atoms with Crippen molar-refractivity contribution in [2.75, 3.05) is 6.54 Å². The molecule has 0 radical (unpaired) electrons. The predicted molar refractivity (Wildman–Crippen MR) is 78.9 cm³/mol. The third kappa shape index (κ3) is 3.58. The van der Waals surface area contributed by atoms with Crippen LogP contribution in [0.4, 0.5) is 0 Å². The summed E-state index contributed by atoms with van der Waals surface area (Å²) in [6.07, 6.45) is 4.04. The van der Waals surface area contributed by atoms with E-state index in [1.54, 1.807) is 0 Å². The molecule has 1 heteroatoms. The van der Waals surface area contributed by atoms with E-state index in [0.29, 0.717) is 11.5 Å². The molecule has 1 N–H and O–H groups in total. The molecule has 1 unspecified atom stereocenters. The molecule has 0 spiro atoms. The van der Waals surface area contributed by atoms with Gasteiger partial charge in [-0.05, 0) is 43.1 Å². The first-order valence-corrected chi connectivity index (χ1v) is 7.28. The Kier molecular flexibility index (Phi) is 4.11. The monoisotopic (exact) mass is 245 g/mol. The second-order valence-corrected chi connectivity index (χ2v) is 6.63. The van der Waals surface area contributed by atoms with Crippen molar-refractivity contribution >= 4 is 0 Å². The first-order chi connectivity index (χ1) is 8.49. The lowest BCUT2D eigenvalue weighted by Crippen LogP contribution is -2.38. The second-order valence-electron chi connectivity index (χ2n) is 6.63. The first-order valence-electron chi connectivity index (χ1n) is 7.28. The SMILES string of the molecule is Cc1cccc(CC(C)(CNC(C)C)C2CC2)c1. The molecule has 0 saturated heterocycles. The summed E-state index contributed by atoms with van der Waals surface area (Å²) in [4.78, 5) is 0. The van der Waals surface area contributed by atoms with Gasteiger partial charge in [-0.15, -0.1) is 0 Å². The number of nitrogens with one attached hydrogen (secondary N) is 1. The van der Waals surface area contributed by atoms with E-state index in [-0.39, 0.29) is 0 Å². The smallest absolute Gasteiger partial charge is 0.00134 e. The molecule has 0 aromatic heterocycles. The standard InChI is InChI=1S/C17H27N/c1-13(2)18-12-17(4,16-8-9-16)11-15-7-5-6-14(3)10-15/h5-7,10,13,16,18H,8-9,11-12H2,1-4H3. The first kappa shape index (κ1) is 13.6. The van der Waals surface area contributed by atoms with Gasteiger partial charge in [0, 0.05) is 12.6 Å². The van der Waals surface area contributed by atoms with Crippen LogP contribution >= 0.6 is 0 Å². The highest BCUT2D eigenvalue weighted by Gasteiger charge is 2.41. The predicted octanol–water partition coefficient (Wildman–Crippen LogP) is 3.95. The highest BCUT2D eigenvalue weighted by Crippen LogP contribution is 2.47. The van der Waals surface area contributed by atoms with Crippen molar-refractivity contribution in [3.8, 4) is 0 Å². The van der Waals surface area contributed by atoms with Gasteiger partial charge in [-0.3, -0.25) is 0 Å². The van der Waals surface area contributed by atoms with E-state index in [2.05, 4.69) is 57.3 Å². The van der Waals surface area contributed by atoms with Gasteiger partial charge in [-0.1, -0.05) is 50.6 Å². The Morgan fingerprint density at radius 2 is 2.06 bits per heavy atom. The van der Waals surface area contributed by atoms with Gasteiger partial charge >= 0.3 is 0 Å². The maximum atomic E-state index is 3.64. The maximum Gasteiger partial charge on any atom is 0.00134 e. The largest absolute Gasteiger partial charge is 0.314 e. The molecule has 1 atom stereocenters. The minimum atomic E-state index is 0.429. The lowest BCUT2D eigenvalue weighted by atomic mass is 9.78. The van der Waals surface area contributed by atoms with Gasteiger partial charge in [0.2, 0.25) is 0 Å². The van der Waals surface area contributed by atoms with E-state index in [0.717, 1.165) is 12.5 Å². The number of hydrogen-bond donors (Lipinski definition) is 1. The molecular weight excluding hydrogens is 218 g/mol. The molecule has 0 heterocycles. The van der Waals surface area contributed by atoms with Crippen molar-refractivity contribution in [2.45, 2.75) is 53.0 Å². The molecule has 1 aliphatic carbocycles. The number of benzene rings is 1. The summed E-state index contributed by atoms with van der Waals surface area (Å²) < 4.78 is 0. The van der Waals surface area contributed by atoms with E-state index in [4.69, 9.17) is 0 Å². The fourth-order valence-electron chi connectivity index (χ4n) is 2.86. The fourth-order valence-corrected chi connectivity index (χ4v) is 2.86. The van der Waals surface area contributed by atoms with Crippen molar-refractivity contribution in [1.82, 2.24) is 5.32 Å². The van der Waals surface area contributed by atoms with Gasteiger partial charge in [0.25, 0.3) is 0 Å². The number of aryl methyl sites for hydroxylation is 1. The van der Waals surface area contributed by atoms with Gasteiger partial charge in [0.1, 0.15) is 0 Å². The molecule has 1 aliphatic rings. The van der Waals surface area contributed by atoms with Gasteiger partial charge < -0.3 is 5.32 Å². The Labute approximate surface area is 112 Å². The molecule has 1 nitrogen and oxygen atoms in total. The molecule has 1 aromatic carbocycles. The minimum absolute atomic E-state index is 0.429. The van der Waals surface area contributed by atoms with Crippen LogP contribution in [0.3, 0.4) is 0 Å². The van der Waals surface area contributed by atoms with Gasteiger partial charge in [-0.2, -0.15) is 0 Å². The van der Waals surface area contributed by atoms with Crippen LogP contribution in [-0.4, -0.2) is 12.6 Å². The summed E-state index contributed by atoms with van der Waals surface area (Å²) >= 11 is 0. The Bertz CT molecular complexity index is 392. The molecule has 2 rings (SSSR count). The third-order valence-electron chi connectivity index (χ3n) is 4.17. The second kappa shape index (κ2) is 5.44. The summed E-state index contributed by atoms with van der Waals surface area (Å²) in [5.74, 6) is 0.921. The molecule has 1 saturated carbocycles. The fraction of sp³-hybridized carbons (Fsp3) is 0.647. The third-order valence-corrected chi connectivity index (χ3v) is 4.17. The highest BCUT2D eigenvalue weighted by atomic mass is 14.9. The van der Waals surface area contributed by atoms with Crippen LogP contribution in [0.5, 0.6) is 0 Å². The molecule has 18 heavy (non-hydrogen) atoms. The topological polar surface area (TPSA) is 12.0 Å². The van der Waals surface area contributed by atoms with E-state index in [1.165, 1.54) is 30.4 Å². The molecule has 100 valence electrons. The molecule has 1 aromatic rings. The van der Waals surface area contributed by atoms with E-state index in [1.807, 2.05) is 0 Å². The average Bonchev–Trinajstić information content (AvgIpc) is 3.10. The zero-order valence-corrected chi connectivity index (χ0v) is 12.3. The Morgan fingerprint density at radius 1 is 1.33 bits per heavy atom. The molecule has 0 bridgehead atoms. The van der Waals surface area contributed by atoms with Crippen LogP contribution in [0, 0.1) is 18.3 Å². The molecule has 0 aliphatic heterocycles. The van der Waals surface area contributed by atoms with Crippen LogP contribution in [0.1, 0.15) is 44.7 Å². The summed E-state index contributed by atoms with van der Waals surface area (Å²) in [5.41, 5.74) is 3.30. The van der Waals surface area contributed by atoms with Crippen LogP contribution in [0.15, 0.2) is 24.3 Å². The maximum absolute atomic E-state index is 3.64. The average molecular weight is 245 g/mol. The molecule has 1 fully saturated rings. The number of rotatable bonds is 6. The lowest BCUT2D eigenvalue weighted by molar-refractivity contribution is 0.248. The summed E-state index contributed by atoms with van der Waals surface area (Å²) in [6.45, 7) is 10.3. The van der Waals surface area contributed by atoms with Crippen molar-refractivity contribution in [3.63, 3.8) is 0 Å². The zero-order chi connectivity index (χ0) is 13.2. The Balaban J connectivity index is 2.05. The van der Waals surface area contributed by atoms with Crippen LogP contribution in [0.2, 0.25) is 0 Å². The summed E-state index contributed by atoms with van der Waals surface area (Å²) in [6, 6.07) is 9.58. The van der Waals surface area contributed by atoms with E-state index >= 15 is 0 Å². The van der Waals surface area contributed by atoms with Crippen LogP contribution < -0.4 is 5.32 Å². The zero-order valence-electron chi connectivity index (χ0n) is 12.3. The number of hydrogen-bond acceptors (Lipinski definition) is 1. The van der Waals surface area contributed by atoms with E-state index < -0.39 is 0 Å². The van der Waals surface area contributed by atoms with Gasteiger partial charge in [0.05, 0.1) is 0 Å². The Morgan fingerprint density at radius 3 is 2.61 bits per heavy atom. The normalized spacial score (nSPS) is 18.9. The highest BCUT2D eigenvalue weighted by molar-refractivity contribution is 5.24. The summed E-state index contributed by atoms with van der Waals surface area (Å²) in [7, 11) is 0. The van der Waals surface area contributed by atoms with Crippen LogP contribution in [-0.2, 0) is 6.42 Å². The van der Waals surface area contributed by atoms with Gasteiger partial charge in [-0.25, -0.2) is 0 Å². The minimum Gasteiger partial charge on any atom is -0.314 e.